The Hall–Kier alpha value is -2.74. The summed E-state index contributed by atoms with van der Waals surface area (Å²) in [6.45, 7) is 0. The molecule has 0 bridgehead atoms. The smallest absolute Gasteiger partial charge is 0.265 e. The Morgan fingerprint density at radius 2 is 1.75 bits per heavy atom. The summed E-state index contributed by atoms with van der Waals surface area (Å²) >= 11 is 0. The number of hydrogen-bond acceptors (Lipinski definition) is 3. The zero-order valence-electron chi connectivity index (χ0n) is 15.0. The molecule has 0 aliphatic heterocycles. The number of benzene rings is 2. The number of nitrogens with zero attached hydrogens (tertiary/aromatic N) is 2. The van der Waals surface area contributed by atoms with E-state index in [1.165, 1.54) is 6.20 Å². The van der Waals surface area contributed by atoms with Gasteiger partial charge in [0.2, 0.25) is 0 Å². The van der Waals surface area contributed by atoms with E-state index in [0.717, 1.165) is 43.9 Å². The molecule has 0 spiro atoms. The van der Waals surface area contributed by atoms with Crippen molar-refractivity contribution in [3.8, 4) is 11.3 Å². The lowest BCUT2D eigenvalue weighted by molar-refractivity contribution is 0.467. The highest BCUT2D eigenvalue weighted by atomic mass is 32.2. The highest BCUT2D eigenvalue weighted by Gasteiger charge is 2.28. The van der Waals surface area contributed by atoms with Crippen LogP contribution in [0.3, 0.4) is 0 Å². The SMILES string of the molecule is O=S(=O)(Nc1cc(F)ccc1F)c1cn(C2CCCC2)nc1-c1ccccc1. The van der Waals surface area contributed by atoms with Gasteiger partial charge in [0.25, 0.3) is 10.0 Å². The van der Waals surface area contributed by atoms with Crippen LogP contribution in [0.2, 0.25) is 0 Å². The molecule has 0 saturated heterocycles. The predicted molar refractivity (Wildman–Crippen MR) is 102 cm³/mol. The van der Waals surface area contributed by atoms with Gasteiger partial charge in [-0.25, -0.2) is 17.2 Å². The summed E-state index contributed by atoms with van der Waals surface area (Å²) in [5.74, 6) is -1.58. The average Bonchev–Trinajstić information content (AvgIpc) is 3.35. The second-order valence-electron chi connectivity index (χ2n) is 6.86. The van der Waals surface area contributed by atoms with Crippen molar-refractivity contribution in [2.45, 2.75) is 36.6 Å². The van der Waals surface area contributed by atoms with Crippen LogP contribution in [0.1, 0.15) is 31.7 Å². The summed E-state index contributed by atoms with van der Waals surface area (Å²) in [6.07, 6.45) is 5.49. The summed E-state index contributed by atoms with van der Waals surface area (Å²) in [5.41, 5.74) is 0.490. The Bertz CT molecular complexity index is 1090. The predicted octanol–water partition coefficient (Wildman–Crippen LogP) is 4.74. The number of nitrogens with one attached hydrogen (secondary N) is 1. The Labute approximate surface area is 162 Å². The number of rotatable bonds is 5. The maximum atomic E-state index is 14.0. The quantitative estimate of drug-likeness (QED) is 0.669. The van der Waals surface area contributed by atoms with E-state index in [0.29, 0.717) is 5.56 Å². The van der Waals surface area contributed by atoms with Crippen LogP contribution in [-0.4, -0.2) is 18.2 Å². The van der Waals surface area contributed by atoms with Gasteiger partial charge in [-0.2, -0.15) is 5.10 Å². The average molecular weight is 403 g/mol. The van der Waals surface area contributed by atoms with E-state index < -0.39 is 27.3 Å². The summed E-state index contributed by atoms with van der Waals surface area (Å²) < 4.78 is 57.4. The van der Waals surface area contributed by atoms with Crippen LogP contribution in [0.15, 0.2) is 59.6 Å². The lowest BCUT2D eigenvalue weighted by Gasteiger charge is -2.09. The van der Waals surface area contributed by atoms with Crippen LogP contribution in [-0.2, 0) is 10.0 Å². The van der Waals surface area contributed by atoms with Crippen molar-refractivity contribution in [1.82, 2.24) is 9.78 Å². The molecule has 0 unspecified atom stereocenters. The maximum absolute atomic E-state index is 14.0. The Morgan fingerprint density at radius 1 is 1.04 bits per heavy atom. The third kappa shape index (κ3) is 3.64. The van der Waals surface area contributed by atoms with Crippen LogP contribution in [0, 0.1) is 11.6 Å². The largest absolute Gasteiger partial charge is 0.276 e. The van der Waals surface area contributed by atoms with Gasteiger partial charge < -0.3 is 0 Å². The van der Waals surface area contributed by atoms with Crippen molar-refractivity contribution in [2.75, 3.05) is 4.72 Å². The first-order valence-corrected chi connectivity index (χ1v) is 10.5. The fraction of sp³-hybridized carbons (Fsp3) is 0.250. The lowest BCUT2D eigenvalue weighted by atomic mass is 10.2. The zero-order chi connectivity index (χ0) is 19.7. The van der Waals surface area contributed by atoms with E-state index in [4.69, 9.17) is 0 Å². The number of halogens is 2. The zero-order valence-corrected chi connectivity index (χ0v) is 15.8. The molecule has 0 amide bonds. The number of anilines is 1. The minimum absolute atomic E-state index is 0.0609. The lowest BCUT2D eigenvalue weighted by Crippen LogP contribution is -2.14. The van der Waals surface area contributed by atoms with Crippen molar-refractivity contribution in [1.29, 1.82) is 0 Å². The summed E-state index contributed by atoms with van der Waals surface area (Å²) in [7, 11) is -4.18. The molecule has 1 aromatic heterocycles. The van der Waals surface area contributed by atoms with Crippen molar-refractivity contribution >= 4 is 15.7 Å². The molecule has 5 nitrogen and oxygen atoms in total. The molecule has 2 aromatic carbocycles. The number of sulfonamides is 1. The van der Waals surface area contributed by atoms with Crippen molar-refractivity contribution in [3.05, 3.63) is 66.4 Å². The van der Waals surface area contributed by atoms with Crippen LogP contribution in [0.25, 0.3) is 11.3 Å². The van der Waals surface area contributed by atoms with Gasteiger partial charge in [0, 0.05) is 17.8 Å². The fourth-order valence-electron chi connectivity index (χ4n) is 3.50. The normalized spacial score (nSPS) is 15.1. The third-order valence-electron chi connectivity index (χ3n) is 4.91. The first-order valence-electron chi connectivity index (χ1n) is 9.06. The molecule has 1 aliphatic rings. The monoisotopic (exact) mass is 403 g/mol. The van der Waals surface area contributed by atoms with Crippen molar-refractivity contribution < 1.29 is 17.2 Å². The molecule has 1 N–H and O–H groups in total. The summed E-state index contributed by atoms with van der Waals surface area (Å²) in [5, 5.41) is 4.54. The second-order valence-corrected chi connectivity index (χ2v) is 8.51. The van der Waals surface area contributed by atoms with Gasteiger partial charge in [0.1, 0.15) is 22.2 Å². The van der Waals surface area contributed by atoms with Gasteiger partial charge in [-0.05, 0) is 25.0 Å². The molecule has 28 heavy (non-hydrogen) atoms. The standard InChI is InChI=1S/C20H19F2N3O2S/c21-15-10-11-17(22)18(12-15)24-28(26,27)19-13-25(16-8-4-5-9-16)23-20(19)14-6-2-1-3-7-14/h1-3,6-7,10-13,16,24H,4-5,8-9H2. The highest BCUT2D eigenvalue weighted by Crippen LogP contribution is 2.34. The topological polar surface area (TPSA) is 64.0 Å². The van der Waals surface area contributed by atoms with E-state index in [2.05, 4.69) is 9.82 Å². The summed E-state index contributed by atoms with van der Waals surface area (Å²) in [4.78, 5) is -0.0609. The molecule has 0 atom stereocenters. The molecule has 146 valence electrons. The molecule has 8 heteroatoms. The minimum atomic E-state index is -4.18. The molecular formula is C20H19F2N3O2S. The molecule has 1 aliphatic carbocycles. The highest BCUT2D eigenvalue weighted by molar-refractivity contribution is 7.92. The maximum Gasteiger partial charge on any atom is 0.265 e. The number of aromatic nitrogens is 2. The Balaban J connectivity index is 1.79. The molecule has 4 rings (SSSR count). The molecule has 1 heterocycles. The summed E-state index contributed by atoms with van der Waals surface area (Å²) in [6, 6.07) is 11.7. The minimum Gasteiger partial charge on any atom is -0.276 e. The van der Waals surface area contributed by atoms with Gasteiger partial charge >= 0.3 is 0 Å². The molecule has 1 saturated carbocycles. The van der Waals surface area contributed by atoms with Crippen LogP contribution >= 0.6 is 0 Å². The van der Waals surface area contributed by atoms with Crippen molar-refractivity contribution in [2.24, 2.45) is 0 Å². The third-order valence-corrected chi connectivity index (χ3v) is 6.27. The van der Waals surface area contributed by atoms with E-state index in [1.54, 1.807) is 28.9 Å². The van der Waals surface area contributed by atoms with Gasteiger partial charge in [0.05, 0.1) is 11.7 Å². The van der Waals surface area contributed by atoms with Crippen LogP contribution in [0.5, 0.6) is 0 Å². The molecule has 3 aromatic rings. The van der Waals surface area contributed by atoms with Gasteiger partial charge in [-0.1, -0.05) is 43.2 Å². The first kappa shape index (κ1) is 18.6. The van der Waals surface area contributed by atoms with Crippen LogP contribution < -0.4 is 4.72 Å². The fourth-order valence-corrected chi connectivity index (χ4v) is 4.71. The van der Waals surface area contributed by atoms with E-state index in [-0.39, 0.29) is 16.6 Å². The second kappa shape index (κ2) is 7.35. The molecular weight excluding hydrogens is 384 g/mol. The molecule has 1 fully saturated rings. The Morgan fingerprint density at radius 3 is 2.46 bits per heavy atom. The van der Waals surface area contributed by atoms with E-state index in [1.807, 2.05) is 6.07 Å². The van der Waals surface area contributed by atoms with E-state index >= 15 is 0 Å². The van der Waals surface area contributed by atoms with Gasteiger partial charge in [-0.3, -0.25) is 9.40 Å². The van der Waals surface area contributed by atoms with E-state index in [9.17, 15) is 17.2 Å². The van der Waals surface area contributed by atoms with Crippen LogP contribution in [0.4, 0.5) is 14.5 Å². The van der Waals surface area contributed by atoms with Gasteiger partial charge in [0.15, 0.2) is 0 Å². The number of hydrogen-bond donors (Lipinski definition) is 1. The molecule has 0 radical (unpaired) electrons. The van der Waals surface area contributed by atoms with Gasteiger partial charge in [-0.15, -0.1) is 0 Å². The Kier molecular flexibility index (Phi) is 4.89. The van der Waals surface area contributed by atoms with Crippen molar-refractivity contribution in [3.63, 3.8) is 0 Å². The first-order chi connectivity index (χ1) is 13.4.